The van der Waals surface area contributed by atoms with Gasteiger partial charge in [0.05, 0.1) is 11.1 Å². The number of carbonyl (C=O) groups excluding carboxylic acids is 1. The molecule has 1 atom stereocenters. The molecule has 1 aromatic carbocycles. The first-order valence-electron chi connectivity index (χ1n) is 13.0. The Morgan fingerprint density at radius 3 is 2.72 bits per heavy atom. The number of rotatable bonds is 8. The summed E-state index contributed by atoms with van der Waals surface area (Å²) in [6.07, 6.45) is 9.43. The molecule has 2 aromatic heterocycles. The van der Waals surface area contributed by atoms with E-state index in [1.54, 1.807) is 12.4 Å². The van der Waals surface area contributed by atoms with Crippen molar-refractivity contribution in [3.63, 3.8) is 0 Å². The molecule has 190 valence electrons. The van der Waals surface area contributed by atoms with Gasteiger partial charge in [-0.05, 0) is 68.4 Å². The lowest BCUT2D eigenvalue weighted by Crippen LogP contribution is -2.34. The lowest BCUT2D eigenvalue weighted by atomic mass is 9.91. The number of benzene rings is 1. The molecule has 0 radical (unpaired) electrons. The maximum atomic E-state index is 13.1. The Morgan fingerprint density at radius 2 is 1.97 bits per heavy atom. The number of aromatic nitrogens is 2. The van der Waals surface area contributed by atoms with Crippen LogP contribution in [0.25, 0.3) is 10.9 Å². The van der Waals surface area contributed by atoms with E-state index in [0.717, 1.165) is 69.2 Å². The summed E-state index contributed by atoms with van der Waals surface area (Å²) in [5, 5.41) is 9.76. The van der Waals surface area contributed by atoms with Crippen molar-refractivity contribution in [3.05, 3.63) is 65.6 Å². The van der Waals surface area contributed by atoms with Crippen LogP contribution in [0.3, 0.4) is 0 Å². The van der Waals surface area contributed by atoms with Gasteiger partial charge in [0.25, 0.3) is 5.91 Å². The average molecular weight is 491 g/mol. The summed E-state index contributed by atoms with van der Waals surface area (Å²) in [5.74, 6) is -0.0265. The maximum Gasteiger partial charge on any atom is 0.275 e. The van der Waals surface area contributed by atoms with Gasteiger partial charge in [0.2, 0.25) is 0 Å². The second-order valence-electron chi connectivity index (χ2n) is 9.59. The Morgan fingerprint density at radius 1 is 1.14 bits per heavy atom. The van der Waals surface area contributed by atoms with Gasteiger partial charge >= 0.3 is 0 Å². The number of hydrogen-bond donors (Lipinski definition) is 2. The highest BCUT2D eigenvalue weighted by atomic mass is 16.8. The molecular formula is C28H34N4O4. The molecule has 8 nitrogen and oxygen atoms in total. The van der Waals surface area contributed by atoms with E-state index < -0.39 is 6.29 Å². The van der Waals surface area contributed by atoms with Gasteiger partial charge in [0.1, 0.15) is 0 Å². The molecule has 1 unspecified atom stereocenters. The number of amides is 1. The van der Waals surface area contributed by atoms with Crippen molar-refractivity contribution in [1.29, 1.82) is 0 Å². The van der Waals surface area contributed by atoms with E-state index in [1.807, 2.05) is 12.1 Å². The summed E-state index contributed by atoms with van der Waals surface area (Å²) >= 11 is 0. The number of ether oxygens (including phenoxy) is 1. The van der Waals surface area contributed by atoms with Crippen LogP contribution in [0.5, 0.6) is 0 Å². The van der Waals surface area contributed by atoms with Crippen LogP contribution in [0.15, 0.2) is 48.8 Å². The van der Waals surface area contributed by atoms with E-state index in [0.29, 0.717) is 17.6 Å². The number of nitrogens with zero attached hydrogens (tertiary/aromatic N) is 3. The number of hydrogen-bond acceptors (Lipinski definition) is 7. The molecule has 5 rings (SSSR count). The third kappa shape index (κ3) is 5.83. The van der Waals surface area contributed by atoms with Gasteiger partial charge < -0.3 is 14.7 Å². The highest BCUT2D eigenvalue weighted by molar-refractivity contribution is 6.05. The van der Waals surface area contributed by atoms with E-state index in [-0.39, 0.29) is 18.4 Å². The Bertz CT molecular complexity index is 1160. The average Bonchev–Trinajstić information content (AvgIpc) is 2.95. The number of piperidine rings is 1. The first kappa shape index (κ1) is 24.6. The minimum absolute atomic E-state index is 0.222. The molecule has 2 saturated heterocycles. The topological polar surface area (TPSA) is 96.8 Å². The van der Waals surface area contributed by atoms with Gasteiger partial charge in [-0.15, -0.1) is 0 Å². The predicted molar refractivity (Wildman–Crippen MR) is 138 cm³/mol. The molecule has 2 aliphatic rings. The van der Waals surface area contributed by atoms with Crippen LogP contribution in [-0.2, 0) is 16.0 Å². The Labute approximate surface area is 211 Å². The molecule has 3 aromatic rings. The normalized spacial score (nSPS) is 18.9. The number of fused-ring (bicyclic) bond motifs is 1. The Kier molecular flexibility index (Phi) is 8.05. The molecular weight excluding hydrogens is 456 g/mol. The van der Waals surface area contributed by atoms with Crippen LogP contribution in [-0.4, -0.2) is 53.6 Å². The molecule has 0 aliphatic carbocycles. The number of carbonyl (C=O) groups is 1. The second-order valence-corrected chi connectivity index (χ2v) is 9.59. The molecule has 2 N–H and O–H groups in total. The van der Waals surface area contributed by atoms with Gasteiger partial charge in [0, 0.05) is 67.8 Å². The molecule has 0 saturated carbocycles. The number of hydroxylamine groups is 1. The first-order chi connectivity index (χ1) is 17.7. The number of aliphatic hydroxyl groups is 1. The smallest absolute Gasteiger partial charge is 0.275 e. The summed E-state index contributed by atoms with van der Waals surface area (Å²) in [6.45, 7) is 2.74. The van der Waals surface area contributed by atoms with Crippen LogP contribution < -0.4 is 10.4 Å². The van der Waals surface area contributed by atoms with Crippen LogP contribution in [0, 0.1) is 0 Å². The summed E-state index contributed by atoms with van der Waals surface area (Å²) in [6, 6.07) is 12.4. The Balaban J connectivity index is 1.27. The fourth-order valence-electron chi connectivity index (χ4n) is 5.05. The maximum absolute atomic E-state index is 13.1. The molecule has 0 spiro atoms. The fraction of sp³-hybridized carbons (Fsp3) is 0.464. The number of aliphatic hydroxyl groups excluding tert-OH is 1. The third-order valence-corrected chi connectivity index (χ3v) is 7.13. The van der Waals surface area contributed by atoms with Gasteiger partial charge in [-0.25, -0.2) is 10.3 Å². The number of anilines is 1. The lowest BCUT2D eigenvalue weighted by Gasteiger charge is -2.33. The third-order valence-electron chi connectivity index (χ3n) is 7.13. The number of pyridine rings is 2. The van der Waals surface area contributed by atoms with E-state index in [9.17, 15) is 4.79 Å². The van der Waals surface area contributed by atoms with Gasteiger partial charge in [-0.3, -0.25) is 14.8 Å². The zero-order valence-corrected chi connectivity index (χ0v) is 20.6. The number of aryl methyl sites for hydroxylation is 1. The van der Waals surface area contributed by atoms with Crippen LogP contribution >= 0.6 is 0 Å². The number of nitrogens with one attached hydrogen (secondary N) is 1. The second kappa shape index (κ2) is 11.8. The molecule has 0 bridgehead atoms. The van der Waals surface area contributed by atoms with Crippen molar-refractivity contribution in [3.8, 4) is 0 Å². The Hall–Kier alpha value is -3.07. The van der Waals surface area contributed by atoms with Crippen molar-refractivity contribution in [1.82, 2.24) is 15.4 Å². The largest absolute Gasteiger partial charge is 0.396 e. The van der Waals surface area contributed by atoms with E-state index in [4.69, 9.17) is 19.7 Å². The SMILES string of the molecule is O=C(NOC1CCCCO1)c1cc(C2CCN(c3ccc(CCCO)cc3)CC2)nc2ccncc12. The molecule has 36 heavy (non-hydrogen) atoms. The summed E-state index contributed by atoms with van der Waals surface area (Å²) in [4.78, 5) is 30.2. The minimum Gasteiger partial charge on any atom is -0.396 e. The molecule has 1 amide bonds. The van der Waals surface area contributed by atoms with Gasteiger partial charge in [-0.2, -0.15) is 0 Å². The lowest BCUT2D eigenvalue weighted by molar-refractivity contribution is -0.186. The van der Waals surface area contributed by atoms with Crippen LogP contribution in [0.4, 0.5) is 5.69 Å². The van der Waals surface area contributed by atoms with Gasteiger partial charge in [-0.1, -0.05) is 12.1 Å². The van der Waals surface area contributed by atoms with Gasteiger partial charge in [0.15, 0.2) is 6.29 Å². The molecule has 2 aliphatic heterocycles. The van der Waals surface area contributed by atoms with Crippen molar-refractivity contribution >= 4 is 22.5 Å². The van der Waals surface area contributed by atoms with E-state index in [1.165, 1.54) is 11.3 Å². The van der Waals surface area contributed by atoms with Crippen molar-refractivity contribution in [2.45, 2.75) is 57.2 Å². The minimum atomic E-state index is -0.401. The quantitative estimate of drug-likeness (QED) is 0.458. The van der Waals surface area contributed by atoms with Crippen LogP contribution in [0.2, 0.25) is 0 Å². The van der Waals surface area contributed by atoms with Crippen molar-refractivity contribution < 1.29 is 19.5 Å². The zero-order chi connectivity index (χ0) is 24.7. The first-order valence-corrected chi connectivity index (χ1v) is 13.0. The molecule has 2 fully saturated rings. The fourth-order valence-corrected chi connectivity index (χ4v) is 5.05. The zero-order valence-electron chi connectivity index (χ0n) is 20.6. The summed E-state index contributed by atoms with van der Waals surface area (Å²) < 4.78 is 5.56. The summed E-state index contributed by atoms with van der Waals surface area (Å²) in [5.41, 5.74) is 7.30. The van der Waals surface area contributed by atoms with Crippen molar-refractivity contribution in [2.75, 3.05) is 31.2 Å². The monoisotopic (exact) mass is 490 g/mol. The van der Waals surface area contributed by atoms with Crippen LogP contribution in [0.1, 0.15) is 66.1 Å². The molecule has 4 heterocycles. The summed E-state index contributed by atoms with van der Waals surface area (Å²) in [7, 11) is 0. The van der Waals surface area contributed by atoms with E-state index >= 15 is 0 Å². The van der Waals surface area contributed by atoms with E-state index in [2.05, 4.69) is 39.6 Å². The highest BCUT2D eigenvalue weighted by Gasteiger charge is 2.25. The predicted octanol–water partition coefficient (Wildman–Crippen LogP) is 4.13. The molecule has 8 heteroatoms. The highest BCUT2D eigenvalue weighted by Crippen LogP contribution is 2.32. The van der Waals surface area contributed by atoms with Crippen molar-refractivity contribution in [2.24, 2.45) is 0 Å². The standard InChI is InChI=1S/C28H34N4O4/c33-16-3-4-20-6-8-22(9-7-20)32-14-11-21(12-15-32)26-18-23(24-19-29-13-10-25(24)30-26)28(34)31-36-27-5-1-2-17-35-27/h6-10,13,18-19,21,27,33H,1-5,11-12,14-17H2,(H,31,34).